The maximum Gasteiger partial charge on any atom is 0.286 e. The quantitative estimate of drug-likeness (QED) is 0.895. The van der Waals surface area contributed by atoms with Crippen LogP contribution in [0.2, 0.25) is 0 Å². The summed E-state index contributed by atoms with van der Waals surface area (Å²) in [6.45, 7) is 1.46. The van der Waals surface area contributed by atoms with Crippen molar-refractivity contribution < 1.29 is 13.2 Å². The highest BCUT2D eigenvalue weighted by atomic mass is 35.5. The molecule has 0 radical (unpaired) electrons. The molecule has 1 unspecified atom stereocenters. The van der Waals surface area contributed by atoms with Crippen LogP contribution in [0.1, 0.15) is 18.4 Å². The molecule has 1 atom stereocenters. The van der Waals surface area contributed by atoms with E-state index in [1.807, 2.05) is 0 Å². The molecule has 0 aliphatic carbocycles. The van der Waals surface area contributed by atoms with Crippen molar-refractivity contribution in [1.82, 2.24) is 5.32 Å². The van der Waals surface area contributed by atoms with Gasteiger partial charge in [-0.15, -0.1) is 16.8 Å². The van der Waals surface area contributed by atoms with E-state index in [1.54, 1.807) is 24.3 Å². The number of fused-ring (bicyclic) bond motifs is 1. The monoisotopic (exact) mass is 302 g/mol. The number of nitrogens with one attached hydrogen (secondary N) is 1. The normalized spacial score (nSPS) is 23.4. The van der Waals surface area contributed by atoms with Gasteiger partial charge in [0.2, 0.25) is 5.90 Å². The van der Waals surface area contributed by atoms with Gasteiger partial charge in [0, 0.05) is 6.04 Å². The van der Waals surface area contributed by atoms with E-state index in [-0.39, 0.29) is 23.2 Å². The molecule has 7 heteroatoms. The van der Waals surface area contributed by atoms with Gasteiger partial charge in [0.1, 0.15) is 11.5 Å². The third kappa shape index (κ3) is 2.75. The molecule has 1 aromatic rings. The standard InChI is InChI=1S/C12H14N2O3S.ClH/c15-18(16)11-6-2-1-5-10(11)12(14-18)17-8-9-4-3-7-13-9;/h1-2,5-6,9,13H,3-4,7-8H2;1H. The lowest BCUT2D eigenvalue weighted by Gasteiger charge is -2.11. The van der Waals surface area contributed by atoms with Crippen molar-refractivity contribution in [2.45, 2.75) is 23.8 Å². The first-order valence-corrected chi connectivity index (χ1v) is 7.41. The van der Waals surface area contributed by atoms with Crippen LogP contribution in [0.25, 0.3) is 0 Å². The second kappa shape index (κ2) is 5.48. The number of halogens is 1. The van der Waals surface area contributed by atoms with Crippen LogP contribution in [0.3, 0.4) is 0 Å². The zero-order valence-corrected chi connectivity index (χ0v) is 11.8. The molecule has 104 valence electrons. The van der Waals surface area contributed by atoms with Crippen LogP contribution in [0.15, 0.2) is 33.6 Å². The number of rotatable bonds is 2. The molecule has 1 saturated heterocycles. The van der Waals surface area contributed by atoms with E-state index < -0.39 is 10.0 Å². The van der Waals surface area contributed by atoms with E-state index in [0.29, 0.717) is 18.2 Å². The molecule has 1 aromatic carbocycles. The Morgan fingerprint density at radius 1 is 1.37 bits per heavy atom. The third-order valence-corrected chi connectivity index (χ3v) is 4.50. The minimum Gasteiger partial charge on any atom is -0.475 e. The maximum atomic E-state index is 11.8. The lowest BCUT2D eigenvalue weighted by molar-refractivity contribution is 0.267. The van der Waals surface area contributed by atoms with E-state index in [4.69, 9.17) is 4.74 Å². The summed E-state index contributed by atoms with van der Waals surface area (Å²) in [6.07, 6.45) is 2.19. The number of ether oxygens (including phenoxy) is 1. The molecule has 1 N–H and O–H groups in total. The van der Waals surface area contributed by atoms with Crippen molar-refractivity contribution in [3.8, 4) is 0 Å². The van der Waals surface area contributed by atoms with Crippen LogP contribution in [0.4, 0.5) is 0 Å². The van der Waals surface area contributed by atoms with E-state index in [9.17, 15) is 8.42 Å². The molecular formula is C12H15ClN2O3S. The fourth-order valence-electron chi connectivity index (χ4n) is 2.26. The van der Waals surface area contributed by atoms with Gasteiger partial charge >= 0.3 is 0 Å². The summed E-state index contributed by atoms with van der Waals surface area (Å²) in [5.41, 5.74) is 0.565. The van der Waals surface area contributed by atoms with Crippen LogP contribution in [0, 0.1) is 0 Å². The van der Waals surface area contributed by atoms with Gasteiger partial charge in [-0.3, -0.25) is 0 Å². The fourth-order valence-corrected chi connectivity index (χ4v) is 3.41. The average Bonchev–Trinajstić information content (AvgIpc) is 2.95. The van der Waals surface area contributed by atoms with Gasteiger partial charge in [0.25, 0.3) is 10.0 Å². The lowest BCUT2D eigenvalue weighted by Crippen LogP contribution is -2.28. The molecule has 1 fully saturated rings. The Morgan fingerprint density at radius 3 is 2.89 bits per heavy atom. The van der Waals surface area contributed by atoms with Crippen molar-refractivity contribution in [3.63, 3.8) is 0 Å². The number of sulfonamides is 1. The molecule has 0 aromatic heterocycles. The first kappa shape index (κ1) is 14.3. The second-order valence-electron chi connectivity index (χ2n) is 4.47. The highest BCUT2D eigenvalue weighted by molar-refractivity contribution is 7.90. The molecular weight excluding hydrogens is 288 g/mol. The molecule has 2 aliphatic heterocycles. The summed E-state index contributed by atoms with van der Waals surface area (Å²) in [4.78, 5) is 0.236. The zero-order chi connectivity index (χ0) is 12.6. The SMILES string of the molecule is Cl.O=S1(=O)N=C(OCC2CCCN2)c2ccccc21. The predicted octanol–water partition coefficient (Wildman–Crippen LogP) is 1.33. The Kier molecular flexibility index (Phi) is 4.13. The smallest absolute Gasteiger partial charge is 0.286 e. The van der Waals surface area contributed by atoms with E-state index in [1.165, 1.54) is 0 Å². The molecule has 0 spiro atoms. The summed E-state index contributed by atoms with van der Waals surface area (Å²) in [7, 11) is -3.56. The van der Waals surface area contributed by atoms with Crippen LogP contribution < -0.4 is 5.32 Å². The minimum absolute atomic E-state index is 0. The molecule has 3 rings (SSSR count). The van der Waals surface area contributed by atoms with Crippen LogP contribution >= 0.6 is 12.4 Å². The van der Waals surface area contributed by atoms with Gasteiger partial charge in [-0.2, -0.15) is 8.42 Å². The van der Waals surface area contributed by atoms with Crippen molar-refractivity contribution in [3.05, 3.63) is 29.8 Å². The summed E-state index contributed by atoms with van der Waals surface area (Å²) >= 11 is 0. The van der Waals surface area contributed by atoms with Gasteiger partial charge in [-0.1, -0.05) is 12.1 Å². The summed E-state index contributed by atoms with van der Waals surface area (Å²) < 4.78 is 32.8. The van der Waals surface area contributed by atoms with Crippen LogP contribution in [0.5, 0.6) is 0 Å². The van der Waals surface area contributed by atoms with Crippen LogP contribution in [-0.4, -0.2) is 33.5 Å². The maximum absolute atomic E-state index is 11.8. The summed E-state index contributed by atoms with van der Waals surface area (Å²) in [6, 6.07) is 7.04. The topological polar surface area (TPSA) is 67.8 Å². The Labute approximate surface area is 118 Å². The van der Waals surface area contributed by atoms with Crippen molar-refractivity contribution in [1.29, 1.82) is 0 Å². The third-order valence-electron chi connectivity index (χ3n) is 3.18. The Hall–Kier alpha value is -1.11. The molecule has 0 saturated carbocycles. The summed E-state index contributed by atoms with van der Waals surface area (Å²) in [5.74, 6) is 0.222. The predicted molar refractivity (Wildman–Crippen MR) is 74.4 cm³/mol. The highest BCUT2D eigenvalue weighted by Gasteiger charge is 2.30. The first-order chi connectivity index (χ1) is 8.67. The molecule has 5 nitrogen and oxygen atoms in total. The number of nitrogens with zero attached hydrogens (tertiary/aromatic N) is 1. The number of benzene rings is 1. The van der Waals surface area contributed by atoms with Crippen LogP contribution in [-0.2, 0) is 14.8 Å². The summed E-state index contributed by atoms with van der Waals surface area (Å²) in [5, 5.41) is 3.30. The lowest BCUT2D eigenvalue weighted by atomic mass is 10.2. The van der Waals surface area contributed by atoms with E-state index >= 15 is 0 Å². The van der Waals surface area contributed by atoms with Crippen molar-refractivity contribution in [2.75, 3.05) is 13.2 Å². The molecule has 19 heavy (non-hydrogen) atoms. The van der Waals surface area contributed by atoms with Crippen molar-refractivity contribution in [2.24, 2.45) is 4.40 Å². The van der Waals surface area contributed by atoms with Gasteiger partial charge in [0.05, 0.1) is 5.56 Å². The minimum atomic E-state index is -3.56. The number of hydrogen-bond acceptors (Lipinski definition) is 4. The van der Waals surface area contributed by atoms with Gasteiger partial charge in [-0.25, -0.2) is 0 Å². The van der Waals surface area contributed by atoms with E-state index in [2.05, 4.69) is 9.71 Å². The van der Waals surface area contributed by atoms with Gasteiger partial charge in [-0.05, 0) is 31.5 Å². The number of hydrogen-bond donors (Lipinski definition) is 1. The van der Waals surface area contributed by atoms with E-state index in [0.717, 1.165) is 19.4 Å². The van der Waals surface area contributed by atoms with Crippen molar-refractivity contribution >= 4 is 28.3 Å². The molecule has 2 heterocycles. The molecule has 0 bridgehead atoms. The fraction of sp³-hybridized carbons (Fsp3) is 0.417. The van der Waals surface area contributed by atoms with Gasteiger partial charge in [0.15, 0.2) is 0 Å². The van der Waals surface area contributed by atoms with Gasteiger partial charge < -0.3 is 10.1 Å². The highest BCUT2D eigenvalue weighted by Crippen LogP contribution is 2.26. The molecule has 0 amide bonds. The zero-order valence-electron chi connectivity index (χ0n) is 10.2. The average molecular weight is 303 g/mol. The second-order valence-corrected chi connectivity index (χ2v) is 6.04. The largest absolute Gasteiger partial charge is 0.475 e. The first-order valence-electron chi connectivity index (χ1n) is 5.97. The Bertz CT molecular complexity index is 595. The Morgan fingerprint density at radius 2 is 2.16 bits per heavy atom. The molecule has 2 aliphatic rings. The Balaban J connectivity index is 0.00000133.